The normalized spacial score (nSPS) is 16.7. The molecule has 0 spiro atoms. The van der Waals surface area contributed by atoms with Gasteiger partial charge in [-0.05, 0) is 30.9 Å². The molecule has 5 heteroatoms. The average molecular weight is 246 g/mol. The maximum Gasteiger partial charge on any atom is 0.305 e. The van der Waals surface area contributed by atoms with E-state index in [9.17, 15) is 4.79 Å². The lowest BCUT2D eigenvalue weighted by atomic mass is 10.1. The number of aliphatic carboxylic acids is 1. The van der Waals surface area contributed by atoms with E-state index in [4.69, 9.17) is 9.52 Å². The molecule has 1 fully saturated rings. The number of aromatic nitrogens is 1. The number of oxazole rings is 1. The van der Waals surface area contributed by atoms with E-state index in [0.717, 1.165) is 18.4 Å². The van der Waals surface area contributed by atoms with Crippen LogP contribution in [0.1, 0.15) is 19.3 Å². The first-order valence-electron chi connectivity index (χ1n) is 6.06. The molecule has 0 saturated heterocycles. The molecule has 1 aromatic heterocycles. The molecule has 0 amide bonds. The lowest BCUT2D eigenvalue weighted by Crippen LogP contribution is -2.25. The van der Waals surface area contributed by atoms with E-state index in [2.05, 4.69) is 10.3 Å². The van der Waals surface area contributed by atoms with Crippen molar-refractivity contribution in [2.75, 3.05) is 5.32 Å². The third kappa shape index (κ3) is 2.30. The van der Waals surface area contributed by atoms with Gasteiger partial charge in [0, 0.05) is 6.04 Å². The number of nitrogens with zero attached hydrogens (tertiary/aromatic N) is 1. The standard InChI is InChI=1S/C13H14N2O3/c16-12(17)7-10(8-5-6-8)15-13-14-9-3-1-2-4-11(9)18-13/h1-4,8,10H,5-7H2,(H,14,15)(H,16,17). The molecule has 94 valence electrons. The van der Waals surface area contributed by atoms with Gasteiger partial charge in [-0.3, -0.25) is 4.79 Å². The summed E-state index contributed by atoms with van der Waals surface area (Å²) in [6, 6.07) is 7.81. The largest absolute Gasteiger partial charge is 0.481 e. The summed E-state index contributed by atoms with van der Waals surface area (Å²) in [6.07, 6.45) is 2.25. The zero-order valence-electron chi connectivity index (χ0n) is 9.80. The number of anilines is 1. The molecule has 1 aliphatic carbocycles. The van der Waals surface area contributed by atoms with Crippen molar-refractivity contribution in [3.63, 3.8) is 0 Å². The van der Waals surface area contributed by atoms with Crippen LogP contribution in [-0.4, -0.2) is 22.1 Å². The predicted molar refractivity (Wildman–Crippen MR) is 66.4 cm³/mol. The van der Waals surface area contributed by atoms with Crippen LogP contribution in [0.15, 0.2) is 28.7 Å². The van der Waals surface area contributed by atoms with Crippen LogP contribution < -0.4 is 5.32 Å². The minimum Gasteiger partial charge on any atom is -0.481 e. The maximum atomic E-state index is 10.8. The minimum atomic E-state index is -0.796. The Bertz CT molecular complexity index is 541. The summed E-state index contributed by atoms with van der Waals surface area (Å²) in [6.45, 7) is 0. The summed E-state index contributed by atoms with van der Waals surface area (Å²) < 4.78 is 5.54. The van der Waals surface area contributed by atoms with Crippen LogP contribution in [0.2, 0.25) is 0 Å². The smallest absolute Gasteiger partial charge is 0.305 e. The summed E-state index contributed by atoms with van der Waals surface area (Å²) in [5.41, 5.74) is 1.50. The van der Waals surface area contributed by atoms with Gasteiger partial charge >= 0.3 is 5.97 Å². The molecule has 1 saturated carbocycles. The average Bonchev–Trinajstić information content (AvgIpc) is 3.08. The predicted octanol–water partition coefficient (Wildman–Crippen LogP) is 2.49. The Balaban J connectivity index is 1.78. The monoisotopic (exact) mass is 246 g/mol. The van der Waals surface area contributed by atoms with Crippen molar-refractivity contribution in [2.24, 2.45) is 5.92 Å². The SMILES string of the molecule is O=C(O)CC(Nc1nc2ccccc2o1)C1CC1. The third-order valence-electron chi connectivity index (χ3n) is 3.19. The Hall–Kier alpha value is -2.04. The first-order chi connectivity index (χ1) is 8.72. The highest BCUT2D eigenvalue weighted by Crippen LogP contribution is 2.36. The summed E-state index contributed by atoms with van der Waals surface area (Å²) >= 11 is 0. The Morgan fingerprint density at radius 2 is 2.28 bits per heavy atom. The molecule has 1 heterocycles. The number of benzene rings is 1. The van der Waals surface area contributed by atoms with Crippen molar-refractivity contribution in [2.45, 2.75) is 25.3 Å². The summed E-state index contributed by atoms with van der Waals surface area (Å²) in [5, 5.41) is 12.0. The van der Waals surface area contributed by atoms with Gasteiger partial charge in [-0.1, -0.05) is 12.1 Å². The molecule has 2 N–H and O–H groups in total. The van der Waals surface area contributed by atoms with Crippen molar-refractivity contribution in [3.05, 3.63) is 24.3 Å². The molecule has 1 unspecified atom stereocenters. The first kappa shape index (κ1) is 11.1. The number of hydrogen-bond donors (Lipinski definition) is 2. The van der Waals surface area contributed by atoms with Crippen molar-refractivity contribution in [1.82, 2.24) is 4.98 Å². The van der Waals surface area contributed by atoms with E-state index in [1.54, 1.807) is 0 Å². The summed E-state index contributed by atoms with van der Waals surface area (Å²) in [7, 11) is 0. The highest BCUT2D eigenvalue weighted by Gasteiger charge is 2.33. The molecular formula is C13H14N2O3. The van der Waals surface area contributed by atoms with Gasteiger partial charge in [0.15, 0.2) is 5.58 Å². The van der Waals surface area contributed by atoms with E-state index >= 15 is 0 Å². The van der Waals surface area contributed by atoms with Crippen LogP contribution in [0.5, 0.6) is 0 Å². The lowest BCUT2D eigenvalue weighted by Gasteiger charge is -2.13. The van der Waals surface area contributed by atoms with Crippen molar-refractivity contribution >= 4 is 23.1 Å². The van der Waals surface area contributed by atoms with E-state index in [1.807, 2.05) is 24.3 Å². The molecule has 18 heavy (non-hydrogen) atoms. The fourth-order valence-corrected chi connectivity index (χ4v) is 2.11. The molecule has 1 aromatic carbocycles. The molecule has 0 radical (unpaired) electrons. The van der Waals surface area contributed by atoms with Gasteiger partial charge in [0.25, 0.3) is 6.01 Å². The second-order valence-corrected chi connectivity index (χ2v) is 4.67. The number of carboxylic acids is 1. The van der Waals surface area contributed by atoms with Gasteiger partial charge in [-0.25, -0.2) is 0 Å². The molecule has 0 bridgehead atoms. The van der Waals surface area contributed by atoms with Crippen LogP contribution in [0, 0.1) is 5.92 Å². The highest BCUT2D eigenvalue weighted by molar-refractivity contribution is 5.74. The molecular weight excluding hydrogens is 232 g/mol. The number of fused-ring (bicyclic) bond motifs is 1. The quantitative estimate of drug-likeness (QED) is 0.847. The fraction of sp³-hybridized carbons (Fsp3) is 0.385. The number of carbonyl (C=O) groups is 1. The van der Waals surface area contributed by atoms with Crippen LogP contribution >= 0.6 is 0 Å². The topological polar surface area (TPSA) is 75.4 Å². The lowest BCUT2D eigenvalue weighted by molar-refractivity contribution is -0.137. The van der Waals surface area contributed by atoms with Crippen molar-refractivity contribution in [3.8, 4) is 0 Å². The van der Waals surface area contributed by atoms with E-state index in [0.29, 0.717) is 17.5 Å². The Morgan fingerprint density at radius 1 is 1.50 bits per heavy atom. The Kier molecular flexibility index (Phi) is 2.66. The summed E-state index contributed by atoms with van der Waals surface area (Å²) in [4.78, 5) is 15.1. The Morgan fingerprint density at radius 3 is 2.94 bits per heavy atom. The second-order valence-electron chi connectivity index (χ2n) is 4.67. The van der Waals surface area contributed by atoms with Crippen LogP contribution in [-0.2, 0) is 4.79 Å². The van der Waals surface area contributed by atoms with Gasteiger partial charge in [0.1, 0.15) is 5.52 Å². The maximum absolute atomic E-state index is 10.8. The molecule has 2 aromatic rings. The highest BCUT2D eigenvalue weighted by atomic mass is 16.4. The Labute approximate surface area is 104 Å². The van der Waals surface area contributed by atoms with Gasteiger partial charge in [0.05, 0.1) is 6.42 Å². The van der Waals surface area contributed by atoms with Crippen LogP contribution in [0.25, 0.3) is 11.1 Å². The first-order valence-corrected chi connectivity index (χ1v) is 6.06. The molecule has 3 rings (SSSR count). The zero-order valence-corrected chi connectivity index (χ0v) is 9.80. The molecule has 0 aliphatic heterocycles. The summed E-state index contributed by atoms with van der Waals surface area (Å²) in [5.74, 6) is -0.369. The molecule has 5 nitrogen and oxygen atoms in total. The number of nitrogens with one attached hydrogen (secondary N) is 1. The minimum absolute atomic E-state index is 0.0874. The fourth-order valence-electron chi connectivity index (χ4n) is 2.11. The van der Waals surface area contributed by atoms with E-state index in [1.165, 1.54) is 0 Å². The molecule has 1 atom stereocenters. The second kappa shape index (κ2) is 4.33. The van der Waals surface area contributed by atoms with Gasteiger partial charge in [-0.2, -0.15) is 4.98 Å². The number of hydrogen-bond acceptors (Lipinski definition) is 4. The van der Waals surface area contributed by atoms with E-state index < -0.39 is 5.97 Å². The van der Waals surface area contributed by atoms with E-state index in [-0.39, 0.29) is 12.5 Å². The number of para-hydroxylation sites is 2. The van der Waals surface area contributed by atoms with Crippen molar-refractivity contribution < 1.29 is 14.3 Å². The zero-order chi connectivity index (χ0) is 12.5. The molecule has 1 aliphatic rings. The third-order valence-corrected chi connectivity index (χ3v) is 3.19. The number of rotatable bonds is 5. The van der Waals surface area contributed by atoms with Gasteiger partial charge in [0.2, 0.25) is 0 Å². The van der Waals surface area contributed by atoms with Crippen molar-refractivity contribution in [1.29, 1.82) is 0 Å². The van der Waals surface area contributed by atoms with Crippen LogP contribution in [0.4, 0.5) is 6.01 Å². The number of carboxylic acid groups (broad SMARTS) is 1. The van der Waals surface area contributed by atoms with Gasteiger partial charge < -0.3 is 14.8 Å². The van der Waals surface area contributed by atoms with Gasteiger partial charge in [-0.15, -0.1) is 0 Å². The van der Waals surface area contributed by atoms with Crippen LogP contribution in [0.3, 0.4) is 0 Å².